The average molecular weight is 391 g/mol. The van der Waals surface area contributed by atoms with Crippen molar-refractivity contribution in [2.45, 2.75) is 0 Å². The number of nitrogens with zero attached hydrogens (tertiary/aromatic N) is 1. The molecule has 0 aliphatic heterocycles. The van der Waals surface area contributed by atoms with E-state index in [9.17, 15) is 9.59 Å². The number of aromatic nitrogens is 3. The van der Waals surface area contributed by atoms with Crippen LogP contribution in [0.25, 0.3) is 39.1 Å². The van der Waals surface area contributed by atoms with E-state index in [1.807, 2.05) is 78.9 Å². The van der Waals surface area contributed by atoms with Gasteiger partial charge in [-0.2, -0.15) is 0 Å². The van der Waals surface area contributed by atoms with Gasteiger partial charge in [-0.3, -0.25) is 9.59 Å². The van der Waals surface area contributed by atoms with Crippen LogP contribution in [0.4, 0.5) is 0 Å². The number of allylic oxidation sites excluding steroid dienone is 1. The Morgan fingerprint density at radius 3 is 2.30 bits per heavy atom. The maximum atomic E-state index is 13.1. The Labute approximate surface area is 171 Å². The van der Waals surface area contributed by atoms with Gasteiger partial charge in [-0.15, -0.1) is 0 Å². The first-order valence-electron chi connectivity index (χ1n) is 9.58. The van der Waals surface area contributed by atoms with Gasteiger partial charge >= 0.3 is 0 Å². The molecule has 0 atom stereocenters. The highest BCUT2D eigenvalue weighted by Crippen LogP contribution is 2.29. The summed E-state index contributed by atoms with van der Waals surface area (Å²) in [7, 11) is 0. The van der Waals surface area contributed by atoms with Crippen molar-refractivity contribution in [2.24, 2.45) is 0 Å². The topological polar surface area (TPSA) is 78.6 Å². The number of carbonyl (C=O) groups is 1. The molecule has 3 aromatic carbocycles. The van der Waals surface area contributed by atoms with Gasteiger partial charge in [0, 0.05) is 16.5 Å². The molecule has 0 spiro atoms. The number of para-hydroxylation sites is 3. The fourth-order valence-corrected chi connectivity index (χ4v) is 3.67. The third-order valence-electron chi connectivity index (χ3n) is 5.03. The van der Waals surface area contributed by atoms with Gasteiger partial charge in [-0.25, -0.2) is 4.98 Å². The first-order valence-corrected chi connectivity index (χ1v) is 9.58. The highest BCUT2D eigenvalue weighted by Gasteiger charge is 2.19. The molecule has 0 saturated heterocycles. The molecule has 2 N–H and O–H groups in total. The molecular weight excluding hydrogens is 374 g/mol. The molecule has 30 heavy (non-hydrogen) atoms. The van der Waals surface area contributed by atoms with Gasteiger partial charge in [0.2, 0.25) is 0 Å². The molecule has 5 heteroatoms. The third-order valence-corrected chi connectivity index (χ3v) is 5.03. The van der Waals surface area contributed by atoms with Gasteiger partial charge in [0.25, 0.3) is 5.56 Å². The second-order valence-electron chi connectivity index (χ2n) is 6.95. The van der Waals surface area contributed by atoms with Crippen LogP contribution in [0, 0.1) is 0 Å². The van der Waals surface area contributed by atoms with Gasteiger partial charge in [-0.05, 0) is 35.9 Å². The summed E-state index contributed by atoms with van der Waals surface area (Å²) in [6.45, 7) is 0. The Morgan fingerprint density at radius 2 is 1.50 bits per heavy atom. The molecule has 5 aromatic rings. The molecule has 0 unspecified atom stereocenters. The van der Waals surface area contributed by atoms with Crippen LogP contribution < -0.4 is 5.56 Å². The van der Waals surface area contributed by atoms with Gasteiger partial charge in [0.15, 0.2) is 5.78 Å². The molecule has 2 aromatic heterocycles. The molecule has 5 nitrogen and oxygen atoms in total. The predicted octanol–water partition coefficient (Wildman–Crippen LogP) is 4.97. The van der Waals surface area contributed by atoms with E-state index in [1.54, 1.807) is 6.08 Å². The SMILES string of the molecule is O=C(/C=C\c1nc2ccccc2[nH]1)c1c(-c2ccccc2)c2ccccc2[nH]c1=O. The van der Waals surface area contributed by atoms with Crippen LogP contribution >= 0.6 is 0 Å². The van der Waals surface area contributed by atoms with E-state index >= 15 is 0 Å². The average Bonchev–Trinajstić information content (AvgIpc) is 3.20. The zero-order chi connectivity index (χ0) is 20.5. The van der Waals surface area contributed by atoms with Crippen LogP contribution in [0.3, 0.4) is 0 Å². The minimum absolute atomic E-state index is 0.118. The fourth-order valence-electron chi connectivity index (χ4n) is 3.67. The van der Waals surface area contributed by atoms with Crippen molar-refractivity contribution < 1.29 is 4.79 Å². The minimum atomic E-state index is -0.410. The summed E-state index contributed by atoms with van der Waals surface area (Å²) >= 11 is 0. The number of nitrogens with one attached hydrogen (secondary N) is 2. The smallest absolute Gasteiger partial charge is 0.260 e. The van der Waals surface area contributed by atoms with Crippen molar-refractivity contribution in [3.05, 3.63) is 107 Å². The maximum absolute atomic E-state index is 13.1. The van der Waals surface area contributed by atoms with Crippen molar-refractivity contribution in [3.8, 4) is 11.1 Å². The lowest BCUT2D eigenvalue weighted by Crippen LogP contribution is -2.18. The molecule has 0 bridgehead atoms. The Bertz CT molecular complexity index is 1440. The van der Waals surface area contributed by atoms with Crippen molar-refractivity contribution in [2.75, 3.05) is 0 Å². The maximum Gasteiger partial charge on any atom is 0.260 e. The second-order valence-corrected chi connectivity index (χ2v) is 6.95. The van der Waals surface area contributed by atoms with Gasteiger partial charge in [0.05, 0.1) is 16.6 Å². The number of H-pyrrole nitrogens is 2. The van der Waals surface area contributed by atoms with E-state index in [0.29, 0.717) is 16.9 Å². The first-order chi connectivity index (χ1) is 14.7. The van der Waals surface area contributed by atoms with Crippen molar-refractivity contribution in [1.82, 2.24) is 15.0 Å². The number of ketones is 1. The lowest BCUT2D eigenvalue weighted by molar-refractivity contribution is 0.104. The number of aromatic amines is 2. The molecule has 5 rings (SSSR count). The number of rotatable bonds is 4. The molecule has 0 radical (unpaired) electrons. The fraction of sp³-hybridized carbons (Fsp3) is 0. The normalized spacial score (nSPS) is 11.5. The number of imidazole rings is 1. The van der Waals surface area contributed by atoms with Crippen molar-refractivity contribution in [3.63, 3.8) is 0 Å². The standard InChI is InChI=1S/C25H17N3O2/c29-21(14-15-22-26-19-12-6-7-13-20(19)27-22)24-23(16-8-2-1-3-9-16)17-10-4-5-11-18(17)28-25(24)30/h1-15H,(H,26,27)(H,28,30)/b15-14-. The molecule has 0 amide bonds. The van der Waals surface area contributed by atoms with Crippen molar-refractivity contribution >= 4 is 33.8 Å². The summed E-state index contributed by atoms with van der Waals surface area (Å²) in [5.74, 6) is 0.185. The zero-order valence-corrected chi connectivity index (χ0v) is 15.9. The van der Waals surface area contributed by atoms with Crippen LogP contribution in [0.15, 0.2) is 89.7 Å². The highest BCUT2D eigenvalue weighted by atomic mass is 16.1. The minimum Gasteiger partial charge on any atom is -0.338 e. The summed E-state index contributed by atoms with van der Waals surface area (Å²) in [6, 6.07) is 24.6. The summed E-state index contributed by atoms with van der Waals surface area (Å²) in [4.78, 5) is 36.5. The van der Waals surface area contributed by atoms with E-state index in [-0.39, 0.29) is 11.3 Å². The zero-order valence-electron chi connectivity index (χ0n) is 15.9. The number of carbonyl (C=O) groups excluding carboxylic acids is 1. The Balaban J connectivity index is 1.65. The first kappa shape index (κ1) is 17.8. The third kappa shape index (κ3) is 3.12. The van der Waals surface area contributed by atoms with E-state index in [2.05, 4.69) is 15.0 Å². The lowest BCUT2D eigenvalue weighted by atomic mass is 9.94. The summed E-state index contributed by atoms with van der Waals surface area (Å²) in [6.07, 6.45) is 3.00. The summed E-state index contributed by atoms with van der Waals surface area (Å²) in [5.41, 5.74) is 3.56. The number of fused-ring (bicyclic) bond motifs is 2. The molecule has 0 fully saturated rings. The summed E-state index contributed by atoms with van der Waals surface area (Å²) < 4.78 is 0. The van der Waals surface area contributed by atoms with Crippen LogP contribution in [0.5, 0.6) is 0 Å². The number of pyridine rings is 1. The van der Waals surface area contributed by atoms with Crippen LogP contribution in [0.1, 0.15) is 16.2 Å². The molecule has 2 heterocycles. The van der Waals surface area contributed by atoms with Gasteiger partial charge < -0.3 is 9.97 Å². The molecule has 144 valence electrons. The van der Waals surface area contributed by atoms with Gasteiger partial charge in [-0.1, -0.05) is 60.7 Å². The van der Waals surface area contributed by atoms with Crippen LogP contribution in [-0.4, -0.2) is 20.7 Å². The lowest BCUT2D eigenvalue weighted by Gasteiger charge is -2.11. The molecule has 0 saturated carbocycles. The number of benzene rings is 3. The largest absolute Gasteiger partial charge is 0.338 e. The Morgan fingerprint density at radius 1 is 0.800 bits per heavy atom. The van der Waals surface area contributed by atoms with E-state index in [1.165, 1.54) is 6.08 Å². The second kappa shape index (κ2) is 7.29. The Hall–Kier alpha value is -4.25. The Kier molecular flexibility index (Phi) is 4.33. The summed E-state index contributed by atoms with van der Waals surface area (Å²) in [5, 5.41) is 0.823. The predicted molar refractivity (Wildman–Crippen MR) is 119 cm³/mol. The monoisotopic (exact) mass is 391 g/mol. The van der Waals surface area contributed by atoms with Gasteiger partial charge in [0.1, 0.15) is 5.82 Å². The number of hydrogen-bond donors (Lipinski definition) is 2. The number of hydrogen-bond acceptors (Lipinski definition) is 3. The highest BCUT2D eigenvalue weighted by molar-refractivity contribution is 6.15. The molecular formula is C25H17N3O2. The van der Waals surface area contributed by atoms with E-state index in [4.69, 9.17) is 0 Å². The van der Waals surface area contributed by atoms with E-state index in [0.717, 1.165) is 22.0 Å². The molecule has 0 aliphatic carbocycles. The van der Waals surface area contributed by atoms with Crippen molar-refractivity contribution in [1.29, 1.82) is 0 Å². The quantitative estimate of drug-likeness (QED) is 0.335. The van der Waals surface area contributed by atoms with Crippen LogP contribution in [-0.2, 0) is 0 Å². The molecule has 0 aliphatic rings. The van der Waals surface area contributed by atoms with E-state index < -0.39 is 5.56 Å². The van der Waals surface area contributed by atoms with Crippen LogP contribution in [0.2, 0.25) is 0 Å².